The summed E-state index contributed by atoms with van der Waals surface area (Å²) in [6, 6.07) is 14.1. The van der Waals surface area contributed by atoms with Crippen LogP contribution >= 0.6 is 11.6 Å². The molecule has 0 saturated carbocycles. The molecule has 2 aromatic rings. The monoisotopic (exact) mass is 394 g/mol. The molecule has 26 heavy (non-hydrogen) atoms. The molecule has 0 aliphatic heterocycles. The minimum absolute atomic E-state index is 0.131. The normalized spacial score (nSPS) is 12.7. The van der Waals surface area contributed by atoms with Gasteiger partial charge in [-0.25, -0.2) is 8.42 Å². The third kappa shape index (κ3) is 6.04. The molecule has 1 atom stereocenters. The van der Waals surface area contributed by atoms with Crippen molar-refractivity contribution in [2.75, 3.05) is 11.0 Å². The third-order valence-corrected chi connectivity index (χ3v) is 4.65. The van der Waals surface area contributed by atoms with E-state index in [0.29, 0.717) is 17.2 Å². The van der Waals surface area contributed by atoms with Gasteiger partial charge in [0.05, 0.1) is 22.9 Å². The van der Waals surface area contributed by atoms with E-state index in [9.17, 15) is 13.2 Å². The van der Waals surface area contributed by atoms with Gasteiger partial charge in [0.25, 0.3) is 5.91 Å². The molecule has 0 aromatic heterocycles. The number of nitrogens with one attached hydrogen (secondary N) is 2. The van der Waals surface area contributed by atoms with Gasteiger partial charge in [-0.05, 0) is 36.1 Å². The highest BCUT2D eigenvalue weighted by Crippen LogP contribution is 2.25. The number of sulfonamides is 1. The first-order chi connectivity index (χ1) is 12.2. The smallest absolute Gasteiger partial charge is 0.253 e. The molecule has 1 unspecified atom stereocenters. The highest BCUT2D eigenvalue weighted by Gasteiger charge is 2.19. The van der Waals surface area contributed by atoms with Gasteiger partial charge in [-0.2, -0.15) is 0 Å². The number of hydrogen-bond acceptors (Lipinski definition) is 3. The summed E-state index contributed by atoms with van der Waals surface area (Å²) in [5.41, 5.74) is 1.65. The SMILES string of the molecule is CC(C)CC(NC(=O)c1ccc(NS(C)(=O)=O)cc1Cl)c1ccccc1. The van der Waals surface area contributed by atoms with Crippen molar-refractivity contribution in [1.29, 1.82) is 0 Å². The summed E-state index contributed by atoms with van der Waals surface area (Å²) in [4.78, 5) is 12.7. The fourth-order valence-electron chi connectivity index (χ4n) is 2.65. The van der Waals surface area contributed by atoms with Crippen molar-refractivity contribution in [3.63, 3.8) is 0 Å². The lowest BCUT2D eigenvalue weighted by Gasteiger charge is -2.21. The van der Waals surface area contributed by atoms with Gasteiger partial charge in [0, 0.05) is 5.69 Å². The van der Waals surface area contributed by atoms with Gasteiger partial charge in [-0.15, -0.1) is 0 Å². The molecule has 2 N–H and O–H groups in total. The average molecular weight is 395 g/mol. The Hall–Kier alpha value is -2.05. The second-order valence-corrected chi connectivity index (χ2v) is 8.79. The highest BCUT2D eigenvalue weighted by atomic mass is 35.5. The second-order valence-electron chi connectivity index (χ2n) is 6.64. The number of carbonyl (C=O) groups is 1. The van der Waals surface area contributed by atoms with E-state index in [2.05, 4.69) is 23.9 Å². The van der Waals surface area contributed by atoms with Crippen molar-refractivity contribution in [1.82, 2.24) is 5.32 Å². The topological polar surface area (TPSA) is 75.3 Å². The summed E-state index contributed by atoms with van der Waals surface area (Å²) < 4.78 is 24.9. The van der Waals surface area contributed by atoms with Gasteiger partial charge >= 0.3 is 0 Å². The van der Waals surface area contributed by atoms with Crippen molar-refractivity contribution < 1.29 is 13.2 Å². The van der Waals surface area contributed by atoms with Crippen molar-refractivity contribution in [2.45, 2.75) is 26.3 Å². The van der Waals surface area contributed by atoms with Crippen molar-refractivity contribution in [2.24, 2.45) is 5.92 Å². The fraction of sp³-hybridized carbons (Fsp3) is 0.316. The Kier molecular flexibility index (Phi) is 6.67. The van der Waals surface area contributed by atoms with Crippen LogP contribution in [0.2, 0.25) is 5.02 Å². The maximum absolute atomic E-state index is 12.7. The first-order valence-corrected chi connectivity index (χ1v) is 10.6. The minimum atomic E-state index is -3.40. The summed E-state index contributed by atoms with van der Waals surface area (Å²) in [5, 5.41) is 3.21. The predicted molar refractivity (Wildman–Crippen MR) is 106 cm³/mol. The first kappa shape index (κ1) is 20.3. The van der Waals surface area contributed by atoms with Crippen LogP contribution in [0, 0.1) is 5.92 Å². The summed E-state index contributed by atoms with van der Waals surface area (Å²) in [6.07, 6.45) is 1.85. The molecular weight excluding hydrogens is 372 g/mol. The third-order valence-electron chi connectivity index (χ3n) is 3.73. The van der Waals surface area contributed by atoms with Crippen LogP contribution in [0.25, 0.3) is 0 Å². The van der Waals surface area contributed by atoms with Crippen LogP contribution in [0.4, 0.5) is 5.69 Å². The lowest BCUT2D eigenvalue weighted by atomic mass is 9.96. The van der Waals surface area contributed by atoms with E-state index in [1.807, 2.05) is 30.3 Å². The zero-order valence-corrected chi connectivity index (χ0v) is 16.6. The van der Waals surface area contributed by atoms with Crippen LogP contribution in [0.1, 0.15) is 42.2 Å². The summed E-state index contributed by atoms with van der Waals surface area (Å²) in [5.74, 6) is 0.104. The summed E-state index contributed by atoms with van der Waals surface area (Å²) in [6.45, 7) is 4.20. The number of rotatable bonds is 7. The Morgan fingerprint density at radius 3 is 2.31 bits per heavy atom. The number of carbonyl (C=O) groups excluding carboxylic acids is 1. The number of benzene rings is 2. The van der Waals surface area contributed by atoms with Crippen molar-refractivity contribution in [3.8, 4) is 0 Å². The molecule has 0 saturated heterocycles. The van der Waals surface area contributed by atoms with Crippen LogP contribution in [0.3, 0.4) is 0 Å². The lowest BCUT2D eigenvalue weighted by molar-refractivity contribution is 0.0932. The summed E-state index contributed by atoms with van der Waals surface area (Å²) in [7, 11) is -3.40. The van der Waals surface area contributed by atoms with E-state index in [0.717, 1.165) is 18.2 Å². The van der Waals surface area contributed by atoms with Crippen molar-refractivity contribution in [3.05, 3.63) is 64.7 Å². The molecule has 2 aromatic carbocycles. The molecule has 5 nitrogen and oxygen atoms in total. The molecule has 0 aliphatic rings. The van der Waals surface area contributed by atoms with E-state index in [1.54, 1.807) is 0 Å². The predicted octanol–water partition coefficient (Wildman–Crippen LogP) is 4.23. The molecule has 2 rings (SSSR count). The highest BCUT2D eigenvalue weighted by molar-refractivity contribution is 7.92. The maximum Gasteiger partial charge on any atom is 0.253 e. The van der Waals surface area contributed by atoms with Crippen LogP contribution in [0.5, 0.6) is 0 Å². The van der Waals surface area contributed by atoms with Crippen LogP contribution in [-0.4, -0.2) is 20.6 Å². The van der Waals surface area contributed by atoms with Crippen LogP contribution in [0.15, 0.2) is 48.5 Å². The van der Waals surface area contributed by atoms with E-state index in [4.69, 9.17) is 11.6 Å². The van der Waals surface area contributed by atoms with Gasteiger partial charge in [0.2, 0.25) is 10.0 Å². The van der Waals surface area contributed by atoms with Crippen LogP contribution in [-0.2, 0) is 10.0 Å². The quantitative estimate of drug-likeness (QED) is 0.737. The molecule has 140 valence electrons. The second kappa shape index (κ2) is 8.56. The molecule has 7 heteroatoms. The van der Waals surface area contributed by atoms with Crippen molar-refractivity contribution >= 4 is 33.2 Å². The molecule has 0 aliphatic carbocycles. The first-order valence-electron chi connectivity index (χ1n) is 8.29. The van der Waals surface area contributed by atoms with Gasteiger partial charge in [-0.3, -0.25) is 9.52 Å². The Morgan fingerprint density at radius 2 is 1.77 bits per heavy atom. The van der Waals surface area contributed by atoms with E-state index < -0.39 is 10.0 Å². The van der Waals surface area contributed by atoms with E-state index in [1.165, 1.54) is 18.2 Å². The number of anilines is 1. The minimum Gasteiger partial charge on any atom is -0.345 e. The summed E-state index contributed by atoms with van der Waals surface area (Å²) >= 11 is 6.19. The maximum atomic E-state index is 12.7. The Labute approximate surface area is 159 Å². The van der Waals surface area contributed by atoms with Gasteiger partial charge in [0.15, 0.2) is 0 Å². The number of hydrogen-bond donors (Lipinski definition) is 2. The molecule has 0 radical (unpaired) electrons. The number of halogens is 1. The Morgan fingerprint density at radius 1 is 1.12 bits per heavy atom. The largest absolute Gasteiger partial charge is 0.345 e. The zero-order valence-electron chi connectivity index (χ0n) is 15.0. The average Bonchev–Trinajstić information content (AvgIpc) is 2.53. The van der Waals surface area contributed by atoms with Gasteiger partial charge in [-0.1, -0.05) is 55.8 Å². The zero-order chi connectivity index (χ0) is 19.3. The van der Waals surface area contributed by atoms with E-state index in [-0.39, 0.29) is 17.0 Å². The fourth-order valence-corrected chi connectivity index (χ4v) is 3.47. The molecule has 0 spiro atoms. The Bertz CT molecular complexity index is 868. The van der Waals surface area contributed by atoms with Crippen LogP contribution < -0.4 is 10.0 Å². The standard InChI is InChI=1S/C19H23ClN2O3S/c1-13(2)11-18(14-7-5-4-6-8-14)21-19(23)16-10-9-15(12-17(16)20)22-26(3,24)25/h4-10,12-13,18,22H,11H2,1-3H3,(H,21,23). The van der Waals surface area contributed by atoms with Gasteiger partial charge < -0.3 is 5.32 Å². The molecule has 0 bridgehead atoms. The van der Waals surface area contributed by atoms with Gasteiger partial charge in [0.1, 0.15) is 0 Å². The lowest BCUT2D eigenvalue weighted by Crippen LogP contribution is -2.29. The Balaban J connectivity index is 2.21. The molecule has 0 heterocycles. The van der Waals surface area contributed by atoms with E-state index >= 15 is 0 Å². The molecule has 1 amide bonds. The molecular formula is C19H23ClN2O3S. The number of amides is 1. The molecule has 0 fully saturated rings.